The molecular weight excluding hydrogens is 461 g/mol. The van der Waals surface area contributed by atoms with Gasteiger partial charge in [0.1, 0.15) is 17.0 Å². The molecule has 1 fully saturated rings. The third-order valence-corrected chi connectivity index (χ3v) is 6.41. The molecule has 0 spiro atoms. The van der Waals surface area contributed by atoms with Crippen LogP contribution < -0.4 is 10.6 Å². The van der Waals surface area contributed by atoms with Gasteiger partial charge in [-0.2, -0.15) is 0 Å². The molecule has 0 atom stereocenters. The van der Waals surface area contributed by atoms with Gasteiger partial charge < -0.3 is 20.6 Å². The number of nitrogens with zero attached hydrogens (tertiary/aromatic N) is 3. The maximum atomic E-state index is 13.4. The number of amides is 2. The van der Waals surface area contributed by atoms with Crippen molar-refractivity contribution in [3.63, 3.8) is 0 Å². The van der Waals surface area contributed by atoms with E-state index in [1.54, 1.807) is 24.4 Å². The molecule has 0 radical (unpaired) electrons. The molecule has 1 aliphatic carbocycles. The van der Waals surface area contributed by atoms with Gasteiger partial charge >= 0.3 is 0 Å². The Hall–Kier alpha value is -3.59. The van der Waals surface area contributed by atoms with E-state index >= 15 is 0 Å². The van der Waals surface area contributed by atoms with Crippen molar-refractivity contribution in [2.75, 3.05) is 27.2 Å². The van der Waals surface area contributed by atoms with E-state index in [0.29, 0.717) is 24.9 Å². The van der Waals surface area contributed by atoms with E-state index in [9.17, 15) is 19.1 Å². The molecule has 1 aliphatic rings. The first-order valence-corrected chi connectivity index (χ1v) is 12.3. The number of halogens is 1. The molecule has 8 nitrogen and oxygen atoms in total. The summed E-state index contributed by atoms with van der Waals surface area (Å²) in [4.78, 5) is 36.9. The van der Waals surface area contributed by atoms with Gasteiger partial charge in [0.25, 0.3) is 11.8 Å². The van der Waals surface area contributed by atoms with Crippen LogP contribution in [0.3, 0.4) is 0 Å². The number of rotatable bonds is 8. The second-order valence-electron chi connectivity index (χ2n) is 9.57. The number of benzene rings is 1. The quantitative estimate of drug-likeness (QED) is 0.444. The van der Waals surface area contributed by atoms with E-state index < -0.39 is 11.8 Å². The Morgan fingerprint density at radius 1 is 1.06 bits per heavy atom. The number of pyridine rings is 2. The molecule has 3 N–H and O–H groups in total. The van der Waals surface area contributed by atoms with E-state index in [4.69, 9.17) is 0 Å². The van der Waals surface area contributed by atoms with Crippen LogP contribution in [0, 0.1) is 5.82 Å². The zero-order valence-corrected chi connectivity index (χ0v) is 20.7. The molecule has 2 aromatic heterocycles. The summed E-state index contributed by atoms with van der Waals surface area (Å²) < 4.78 is 13.3. The van der Waals surface area contributed by atoms with Gasteiger partial charge in [-0.25, -0.2) is 9.37 Å². The van der Waals surface area contributed by atoms with Gasteiger partial charge in [0.05, 0.1) is 0 Å². The lowest BCUT2D eigenvalue weighted by molar-refractivity contribution is 0.0923. The van der Waals surface area contributed by atoms with Crippen LogP contribution in [0.4, 0.5) is 4.39 Å². The summed E-state index contributed by atoms with van der Waals surface area (Å²) >= 11 is 0. The Morgan fingerprint density at radius 3 is 2.47 bits per heavy atom. The largest absolute Gasteiger partial charge is 0.504 e. The third kappa shape index (κ3) is 6.15. The monoisotopic (exact) mass is 493 g/mol. The smallest absolute Gasteiger partial charge is 0.273 e. The molecule has 190 valence electrons. The number of carbonyl (C=O) groups is 2. The van der Waals surface area contributed by atoms with Crippen molar-refractivity contribution >= 4 is 22.7 Å². The molecule has 0 bridgehead atoms. The highest BCUT2D eigenvalue weighted by Gasteiger charge is 2.25. The molecule has 9 heteroatoms. The van der Waals surface area contributed by atoms with Crippen molar-refractivity contribution in [3.8, 4) is 5.75 Å². The van der Waals surface area contributed by atoms with Gasteiger partial charge in [-0.15, -0.1) is 0 Å². The second kappa shape index (κ2) is 11.4. The molecule has 1 aromatic carbocycles. The molecule has 2 heterocycles. The number of fused-ring (bicyclic) bond motifs is 1. The summed E-state index contributed by atoms with van der Waals surface area (Å²) in [6, 6.07) is 7.95. The number of carbonyl (C=O) groups excluding carboxylic acids is 2. The fraction of sp³-hybridized carbons (Fsp3) is 0.407. The highest BCUT2D eigenvalue weighted by atomic mass is 19.1. The predicted octanol–water partition coefficient (Wildman–Crippen LogP) is 3.42. The number of nitrogens with one attached hydrogen (secondary N) is 2. The zero-order chi connectivity index (χ0) is 25.7. The van der Waals surface area contributed by atoms with Crippen LogP contribution in [0.25, 0.3) is 10.9 Å². The Labute approximate surface area is 209 Å². The Bertz CT molecular complexity index is 1240. The first-order chi connectivity index (χ1) is 17.3. The van der Waals surface area contributed by atoms with E-state index in [1.165, 1.54) is 12.1 Å². The predicted molar refractivity (Wildman–Crippen MR) is 136 cm³/mol. The fourth-order valence-electron chi connectivity index (χ4n) is 4.46. The summed E-state index contributed by atoms with van der Waals surface area (Å²) in [6.07, 6.45) is 7.10. The standard InChI is InChI=1S/C27H32FN5O3/c1-33(2)13-12-29-26(35)24-25(34)22-21(23(32-24)27(36)31-20-6-4-3-5-7-20)15-18(16-30-22)14-17-8-10-19(28)11-9-17/h8-11,15-16,20,34H,3-7,12-14H2,1-2H3,(H,29,35)(H,31,36). The maximum Gasteiger partial charge on any atom is 0.273 e. The molecule has 1 saturated carbocycles. The van der Waals surface area contributed by atoms with Crippen LogP contribution in [0.2, 0.25) is 0 Å². The molecule has 3 aromatic rings. The van der Waals surface area contributed by atoms with Crippen LogP contribution in [0.1, 0.15) is 64.2 Å². The number of hydrogen-bond donors (Lipinski definition) is 3. The maximum absolute atomic E-state index is 13.4. The van der Waals surface area contributed by atoms with Crippen LogP contribution in [0.15, 0.2) is 36.5 Å². The number of aromatic nitrogens is 2. The first-order valence-electron chi connectivity index (χ1n) is 12.3. The van der Waals surface area contributed by atoms with E-state index in [2.05, 4.69) is 20.6 Å². The molecule has 0 aliphatic heterocycles. The van der Waals surface area contributed by atoms with Crippen molar-refractivity contribution in [3.05, 3.63) is 64.9 Å². The van der Waals surface area contributed by atoms with E-state index in [1.807, 2.05) is 19.0 Å². The summed E-state index contributed by atoms with van der Waals surface area (Å²) in [5.74, 6) is -1.65. The Balaban J connectivity index is 1.71. The minimum atomic E-state index is -0.569. The minimum Gasteiger partial charge on any atom is -0.504 e. The van der Waals surface area contributed by atoms with Crippen LogP contribution >= 0.6 is 0 Å². The molecular formula is C27H32FN5O3. The third-order valence-electron chi connectivity index (χ3n) is 6.41. The van der Waals surface area contributed by atoms with Gasteiger partial charge in [0.2, 0.25) is 0 Å². The lowest BCUT2D eigenvalue weighted by atomic mass is 9.95. The van der Waals surface area contributed by atoms with Crippen LogP contribution in [-0.2, 0) is 6.42 Å². The van der Waals surface area contributed by atoms with E-state index in [0.717, 1.165) is 43.2 Å². The molecule has 2 amide bonds. The number of hydrogen-bond acceptors (Lipinski definition) is 6. The van der Waals surface area contributed by atoms with Gasteiger partial charge in [-0.05, 0) is 62.7 Å². The normalized spacial score (nSPS) is 14.2. The topological polar surface area (TPSA) is 107 Å². The summed E-state index contributed by atoms with van der Waals surface area (Å²) in [7, 11) is 3.78. The van der Waals surface area contributed by atoms with Crippen LogP contribution in [-0.4, -0.2) is 65.0 Å². The summed E-state index contributed by atoms with van der Waals surface area (Å²) in [5.41, 5.74) is 1.61. The zero-order valence-electron chi connectivity index (χ0n) is 20.7. The lowest BCUT2D eigenvalue weighted by Crippen LogP contribution is -2.37. The second-order valence-corrected chi connectivity index (χ2v) is 9.57. The molecule has 36 heavy (non-hydrogen) atoms. The van der Waals surface area contributed by atoms with Crippen molar-refractivity contribution in [1.82, 2.24) is 25.5 Å². The Morgan fingerprint density at radius 2 is 1.78 bits per heavy atom. The van der Waals surface area contributed by atoms with Gasteiger partial charge in [-0.1, -0.05) is 31.4 Å². The molecule has 4 rings (SSSR count). The number of likely N-dealkylation sites (N-methyl/N-ethyl adjacent to an activating group) is 1. The van der Waals surface area contributed by atoms with E-state index in [-0.39, 0.29) is 34.5 Å². The SMILES string of the molecule is CN(C)CCNC(=O)c1nc(C(=O)NC2CCCCC2)c2cc(Cc3ccc(F)cc3)cnc2c1O. The fourth-order valence-corrected chi connectivity index (χ4v) is 4.46. The molecule has 0 unspecified atom stereocenters. The van der Waals surface area contributed by atoms with Crippen molar-refractivity contribution < 1.29 is 19.1 Å². The van der Waals surface area contributed by atoms with Crippen molar-refractivity contribution in [2.45, 2.75) is 44.6 Å². The minimum absolute atomic E-state index is 0.0460. The Kier molecular flexibility index (Phi) is 8.10. The summed E-state index contributed by atoms with van der Waals surface area (Å²) in [5, 5.41) is 17.1. The van der Waals surface area contributed by atoms with Gasteiger partial charge in [0, 0.05) is 30.7 Å². The van der Waals surface area contributed by atoms with Gasteiger partial charge in [0.15, 0.2) is 11.4 Å². The molecule has 0 saturated heterocycles. The van der Waals surface area contributed by atoms with Crippen LogP contribution in [0.5, 0.6) is 5.75 Å². The lowest BCUT2D eigenvalue weighted by Gasteiger charge is -2.23. The van der Waals surface area contributed by atoms with Gasteiger partial charge in [-0.3, -0.25) is 14.6 Å². The average molecular weight is 494 g/mol. The van der Waals surface area contributed by atoms with Crippen molar-refractivity contribution in [2.24, 2.45) is 0 Å². The average Bonchev–Trinajstić information content (AvgIpc) is 2.86. The highest BCUT2D eigenvalue weighted by molar-refractivity contribution is 6.09. The highest BCUT2D eigenvalue weighted by Crippen LogP contribution is 2.30. The van der Waals surface area contributed by atoms with Crippen molar-refractivity contribution in [1.29, 1.82) is 0 Å². The number of aromatic hydroxyl groups is 1. The summed E-state index contributed by atoms with van der Waals surface area (Å²) in [6.45, 7) is 0.971. The first kappa shape index (κ1) is 25.5.